The molecule has 0 saturated carbocycles. The quantitative estimate of drug-likeness (QED) is 0.144. The smallest absolute Gasteiger partial charge is 0.374 e. The highest BCUT2D eigenvalue weighted by atomic mass is 32.2. The summed E-state index contributed by atoms with van der Waals surface area (Å²) in [4.78, 5) is 30.7. The van der Waals surface area contributed by atoms with Crippen LogP contribution < -0.4 is 5.56 Å². The van der Waals surface area contributed by atoms with Crippen molar-refractivity contribution in [1.29, 1.82) is 0 Å². The second-order valence-electron chi connectivity index (χ2n) is 7.07. The van der Waals surface area contributed by atoms with Crippen LogP contribution in [0.25, 0.3) is 21.3 Å². The Balaban J connectivity index is 1.67. The average Bonchev–Trinajstić information content (AvgIpc) is 3.43. The van der Waals surface area contributed by atoms with Gasteiger partial charge in [0.2, 0.25) is 5.76 Å². The number of ether oxygens (including phenoxy) is 1. The molecule has 8 heteroatoms. The molecular formula is C24H22N2O4S2. The van der Waals surface area contributed by atoms with Crippen LogP contribution in [0.15, 0.2) is 68.8 Å². The molecule has 0 radical (unpaired) electrons. The molecule has 3 heterocycles. The van der Waals surface area contributed by atoms with Crippen LogP contribution in [-0.4, -0.2) is 22.1 Å². The number of aryl methyl sites for hydroxylation is 1. The number of thiophene rings is 1. The number of allylic oxidation sites excluding steroid dienone is 1. The maximum Gasteiger partial charge on any atom is 0.374 e. The van der Waals surface area contributed by atoms with Gasteiger partial charge in [0.1, 0.15) is 10.6 Å². The van der Waals surface area contributed by atoms with Crippen LogP contribution in [0, 0.1) is 6.92 Å². The van der Waals surface area contributed by atoms with Crippen molar-refractivity contribution in [1.82, 2.24) is 9.55 Å². The number of fused-ring (bicyclic) bond motifs is 1. The van der Waals surface area contributed by atoms with E-state index in [4.69, 9.17) is 14.1 Å². The Bertz CT molecular complexity index is 1330. The highest BCUT2D eigenvalue weighted by molar-refractivity contribution is 7.98. The molecule has 1 aromatic carbocycles. The number of hydrogen-bond donors (Lipinski definition) is 0. The summed E-state index contributed by atoms with van der Waals surface area (Å²) < 4.78 is 12.2. The van der Waals surface area contributed by atoms with Crippen molar-refractivity contribution in [2.75, 3.05) is 6.61 Å². The zero-order valence-electron chi connectivity index (χ0n) is 17.8. The molecule has 0 aliphatic carbocycles. The van der Waals surface area contributed by atoms with E-state index < -0.39 is 5.97 Å². The Morgan fingerprint density at radius 2 is 2.06 bits per heavy atom. The monoisotopic (exact) mass is 466 g/mol. The Hall–Kier alpha value is -3.10. The molecule has 4 aromatic rings. The molecule has 4 rings (SSSR count). The topological polar surface area (TPSA) is 74.3 Å². The summed E-state index contributed by atoms with van der Waals surface area (Å²) in [5.41, 5.74) is 2.95. The molecule has 164 valence electrons. The van der Waals surface area contributed by atoms with Crippen molar-refractivity contribution >= 4 is 39.3 Å². The summed E-state index contributed by atoms with van der Waals surface area (Å²) >= 11 is 2.83. The minimum absolute atomic E-state index is 0.0964. The fraction of sp³-hybridized carbons (Fsp3) is 0.208. The van der Waals surface area contributed by atoms with Gasteiger partial charge in [-0.15, -0.1) is 17.9 Å². The number of benzene rings is 1. The number of carbonyl (C=O) groups excluding carboxylic acids is 1. The minimum atomic E-state index is -0.492. The second kappa shape index (κ2) is 9.58. The van der Waals surface area contributed by atoms with Crippen molar-refractivity contribution in [2.45, 2.75) is 31.3 Å². The predicted octanol–water partition coefficient (Wildman–Crippen LogP) is 5.68. The van der Waals surface area contributed by atoms with Crippen LogP contribution in [0.3, 0.4) is 0 Å². The summed E-state index contributed by atoms with van der Waals surface area (Å²) in [6.45, 7) is 8.20. The van der Waals surface area contributed by atoms with Crippen LogP contribution in [0.1, 0.15) is 28.8 Å². The maximum absolute atomic E-state index is 13.4. The number of thioether (sulfide) groups is 1. The van der Waals surface area contributed by atoms with Gasteiger partial charge in [-0.25, -0.2) is 9.78 Å². The fourth-order valence-electron chi connectivity index (χ4n) is 3.25. The maximum atomic E-state index is 13.4. The minimum Gasteiger partial charge on any atom is -0.460 e. The molecule has 0 atom stereocenters. The summed E-state index contributed by atoms with van der Waals surface area (Å²) in [5, 5.41) is 3.18. The molecule has 3 aromatic heterocycles. The van der Waals surface area contributed by atoms with Gasteiger partial charge in [0.25, 0.3) is 5.56 Å². The number of nitrogens with zero attached hydrogens (tertiary/aromatic N) is 2. The molecule has 32 heavy (non-hydrogen) atoms. The van der Waals surface area contributed by atoms with Gasteiger partial charge in [-0.3, -0.25) is 9.36 Å². The third kappa shape index (κ3) is 4.42. The molecule has 0 saturated heterocycles. The first-order valence-corrected chi connectivity index (χ1v) is 12.0. The normalized spacial score (nSPS) is 11.1. The Morgan fingerprint density at radius 3 is 2.78 bits per heavy atom. The molecule has 0 fully saturated rings. The Kier molecular flexibility index (Phi) is 6.62. The number of furan rings is 1. The van der Waals surface area contributed by atoms with E-state index in [1.807, 2.05) is 36.6 Å². The summed E-state index contributed by atoms with van der Waals surface area (Å²) in [7, 11) is 0. The van der Waals surface area contributed by atoms with Gasteiger partial charge >= 0.3 is 5.97 Å². The number of rotatable bonds is 8. The number of aromatic nitrogens is 2. The first kappa shape index (κ1) is 22.1. The van der Waals surface area contributed by atoms with E-state index in [0.717, 1.165) is 11.1 Å². The van der Waals surface area contributed by atoms with E-state index in [2.05, 4.69) is 6.58 Å². The summed E-state index contributed by atoms with van der Waals surface area (Å²) in [5.74, 6) is 0.693. The Morgan fingerprint density at radius 1 is 1.28 bits per heavy atom. The second-order valence-corrected chi connectivity index (χ2v) is 8.87. The third-order valence-corrected chi connectivity index (χ3v) is 6.69. The molecule has 0 N–H and O–H groups in total. The van der Waals surface area contributed by atoms with E-state index in [0.29, 0.717) is 33.4 Å². The van der Waals surface area contributed by atoms with Crippen molar-refractivity contribution in [2.24, 2.45) is 0 Å². The lowest BCUT2D eigenvalue weighted by Crippen LogP contribution is -2.22. The molecule has 6 nitrogen and oxygen atoms in total. The molecule has 0 unspecified atom stereocenters. The van der Waals surface area contributed by atoms with E-state index in [1.165, 1.54) is 28.7 Å². The van der Waals surface area contributed by atoms with Crippen LogP contribution in [-0.2, 0) is 17.0 Å². The van der Waals surface area contributed by atoms with Crippen molar-refractivity contribution in [3.63, 3.8) is 0 Å². The fourth-order valence-corrected chi connectivity index (χ4v) is 5.15. The van der Waals surface area contributed by atoms with Gasteiger partial charge in [0.15, 0.2) is 5.16 Å². The van der Waals surface area contributed by atoms with Gasteiger partial charge < -0.3 is 9.15 Å². The molecule has 0 spiro atoms. The van der Waals surface area contributed by atoms with Crippen LogP contribution >= 0.6 is 23.1 Å². The average molecular weight is 467 g/mol. The van der Waals surface area contributed by atoms with Gasteiger partial charge in [0.05, 0.1) is 17.7 Å². The first-order valence-electron chi connectivity index (χ1n) is 10.1. The van der Waals surface area contributed by atoms with Crippen molar-refractivity contribution in [3.05, 3.63) is 81.9 Å². The molecule has 0 aliphatic rings. The van der Waals surface area contributed by atoms with E-state index in [-0.39, 0.29) is 17.9 Å². The van der Waals surface area contributed by atoms with Crippen LogP contribution in [0.5, 0.6) is 0 Å². The number of hydrogen-bond acceptors (Lipinski definition) is 7. The van der Waals surface area contributed by atoms with E-state index in [9.17, 15) is 9.59 Å². The van der Waals surface area contributed by atoms with Gasteiger partial charge in [-0.1, -0.05) is 47.7 Å². The van der Waals surface area contributed by atoms with Gasteiger partial charge in [-0.2, -0.15) is 0 Å². The highest BCUT2D eigenvalue weighted by Crippen LogP contribution is 2.33. The number of carbonyl (C=O) groups is 1. The lowest BCUT2D eigenvalue weighted by atomic mass is 10.1. The zero-order valence-corrected chi connectivity index (χ0v) is 19.4. The third-order valence-electron chi connectivity index (χ3n) is 4.81. The Labute approximate surface area is 193 Å². The van der Waals surface area contributed by atoms with E-state index in [1.54, 1.807) is 29.7 Å². The molecule has 0 amide bonds. The van der Waals surface area contributed by atoms with Gasteiger partial charge in [-0.05, 0) is 31.5 Å². The number of esters is 1. The highest BCUT2D eigenvalue weighted by Gasteiger charge is 2.18. The molecule has 0 aliphatic heterocycles. The molecule has 0 bridgehead atoms. The summed E-state index contributed by atoms with van der Waals surface area (Å²) in [6.07, 6.45) is 1.68. The molecular weight excluding hydrogens is 444 g/mol. The summed E-state index contributed by atoms with van der Waals surface area (Å²) in [6, 6.07) is 11.4. The predicted molar refractivity (Wildman–Crippen MR) is 128 cm³/mol. The lowest BCUT2D eigenvalue weighted by Gasteiger charge is -2.10. The standard InChI is InChI=1S/C24H22N2O4S2/c1-4-12-26-22(27)20-18(16-8-6-15(3)7-9-16)14-31-21(20)25-24(26)32-13-17-10-11-19(30-17)23(28)29-5-2/h4,6-11,14H,1,5,12-13H2,2-3H3. The largest absolute Gasteiger partial charge is 0.460 e. The SMILES string of the molecule is C=CCn1c(SCc2ccc(C(=O)OCC)o2)nc2scc(-c3ccc(C)cc3)c2c1=O. The van der Waals surface area contributed by atoms with Crippen molar-refractivity contribution in [3.8, 4) is 11.1 Å². The first-order chi connectivity index (χ1) is 15.5. The zero-order chi connectivity index (χ0) is 22.7. The van der Waals surface area contributed by atoms with E-state index >= 15 is 0 Å². The van der Waals surface area contributed by atoms with Gasteiger partial charge in [0, 0.05) is 17.5 Å². The van der Waals surface area contributed by atoms with Crippen LogP contribution in [0.2, 0.25) is 0 Å². The van der Waals surface area contributed by atoms with Crippen molar-refractivity contribution < 1.29 is 13.9 Å². The van der Waals surface area contributed by atoms with Crippen LogP contribution in [0.4, 0.5) is 0 Å². The lowest BCUT2D eigenvalue weighted by molar-refractivity contribution is 0.0488.